The first-order chi connectivity index (χ1) is 11.7. The number of ether oxygens (including phenoxy) is 1. The van der Waals surface area contributed by atoms with E-state index in [1.54, 1.807) is 0 Å². The molecule has 0 radical (unpaired) electrons. The van der Waals surface area contributed by atoms with Crippen LogP contribution in [-0.2, 0) is 13.2 Å². The number of nitrogens with zero attached hydrogens (tertiary/aromatic N) is 1. The Morgan fingerprint density at radius 1 is 1.08 bits per heavy atom. The van der Waals surface area contributed by atoms with Crippen molar-refractivity contribution in [3.05, 3.63) is 81.8 Å². The molecule has 3 rings (SSSR count). The third-order valence-corrected chi connectivity index (χ3v) is 4.58. The van der Waals surface area contributed by atoms with Crippen LogP contribution >= 0.6 is 11.3 Å². The van der Waals surface area contributed by atoms with Gasteiger partial charge in [-0.05, 0) is 24.6 Å². The van der Waals surface area contributed by atoms with Crippen molar-refractivity contribution in [2.24, 2.45) is 0 Å². The number of hydrogen-bond acceptors (Lipinski definition) is 4. The highest BCUT2D eigenvalue weighted by molar-refractivity contribution is 7.13. The first-order valence-electron chi connectivity index (χ1n) is 7.68. The van der Waals surface area contributed by atoms with Crippen molar-refractivity contribution in [1.82, 2.24) is 10.3 Å². The largest absolute Gasteiger partial charge is 0.486 e. The van der Waals surface area contributed by atoms with Gasteiger partial charge in [0.25, 0.3) is 5.91 Å². The maximum Gasteiger partial charge on any atom is 0.263 e. The van der Waals surface area contributed by atoms with Gasteiger partial charge in [-0.2, -0.15) is 0 Å². The molecule has 0 unspecified atom stereocenters. The number of aryl methyl sites for hydroxylation is 1. The maximum absolute atomic E-state index is 12.3. The molecule has 2 aromatic carbocycles. The van der Waals surface area contributed by atoms with Crippen molar-refractivity contribution in [2.45, 2.75) is 20.1 Å². The highest BCUT2D eigenvalue weighted by Gasteiger charge is 2.15. The molecule has 0 aliphatic rings. The number of amides is 1. The summed E-state index contributed by atoms with van der Waals surface area (Å²) in [5, 5.41) is 3.73. The molecule has 122 valence electrons. The molecule has 0 aliphatic carbocycles. The predicted molar refractivity (Wildman–Crippen MR) is 95.2 cm³/mol. The van der Waals surface area contributed by atoms with Gasteiger partial charge in [-0.25, -0.2) is 4.98 Å². The van der Waals surface area contributed by atoms with Crippen LogP contribution in [0.15, 0.2) is 60.7 Å². The van der Waals surface area contributed by atoms with E-state index < -0.39 is 0 Å². The van der Waals surface area contributed by atoms with Crippen LogP contribution in [0.3, 0.4) is 0 Å². The summed E-state index contributed by atoms with van der Waals surface area (Å²) in [5.41, 5.74) is 1.80. The molecule has 1 N–H and O–H groups in total. The minimum Gasteiger partial charge on any atom is -0.486 e. The van der Waals surface area contributed by atoms with Gasteiger partial charge in [-0.1, -0.05) is 48.5 Å². The lowest BCUT2D eigenvalue weighted by molar-refractivity contribution is 0.0954. The van der Waals surface area contributed by atoms with E-state index in [0.717, 1.165) is 22.0 Å². The standard InChI is InChI=1S/C19H18N2O2S/c1-14-18(19(22)20-12-15-8-4-2-5-9-15)24-17(21-14)13-23-16-10-6-3-7-11-16/h2-11H,12-13H2,1H3,(H,20,22). The molecule has 1 heterocycles. The van der Waals surface area contributed by atoms with E-state index in [9.17, 15) is 4.79 Å². The summed E-state index contributed by atoms with van der Waals surface area (Å²) in [5.74, 6) is 0.695. The number of para-hydroxylation sites is 1. The van der Waals surface area contributed by atoms with Gasteiger partial charge >= 0.3 is 0 Å². The number of thiazole rings is 1. The first-order valence-corrected chi connectivity index (χ1v) is 8.50. The second kappa shape index (κ2) is 7.75. The number of carbonyl (C=O) groups excluding carboxylic acids is 1. The number of rotatable bonds is 6. The lowest BCUT2D eigenvalue weighted by Crippen LogP contribution is -2.22. The molecule has 4 nitrogen and oxygen atoms in total. The van der Waals surface area contributed by atoms with Crippen LogP contribution in [0.2, 0.25) is 0 Å². The molecule has 1 aromatic heterocycles. The third kappa shape index (κ3) is 4.20. The lowest BCUT2D eigenvalue weighted by atomic mass is 10.2. The topological polar surface area (TPSA) is 51.2 Å². The molecular formula is C19H18N2O2S. The molecule has 5 heteroatoms. The predicted octanol–water partition coefficient (Wildman–Crippen LogP) is 3.96. The zero-order valence-corrected chi connectivity index (χ0v) is 14.2. The average molecular weight is 338 g/mol. The van der Waals surface area contributed by atoms with Crippen LogP contribution in [-0.4, -0.2) is 10.9 Å². The van der Waals surface area contributed by atoms with Crippen molar-refractivity contribution in [3.8, 4) is 5.75 Å². The summed E-state index contributed by atoms with van der Waals surface area (Å²) < 4.78 is 5.69. The number of hydrogen-bond donors (Lipinski definition) is 1. The second-order valence-corrected chi connectivity index (χ2v) is 6.38. The Kier molecular flexibility index (Phi) is 5.23. The molecule has 0 spiro atoms. The quantitative estimate of drug-likeness (QED) is 0.740. The van der Waals surface area contributed by atoms with Gasteiger partial charge in [0.2, 0.25) is 0 Å². The number of aromatic nitrogens is 1. The van der Waals surface area contributed by atoms with E-state index in [1.165, 1.54) is 11.3 Å². The van der Waals surface area contributed by atoms with E-state index in [-0.39, 0.29) is 5.91 Å². The van der Waals surface area contributed by atoms with E-state index in [2.05, 4.69) is 10.3 Å². The van der Waals surface area contributed by atoms with Gasteiger partial charge in [0.05, 0.1) is 5.69 Å². The second-order valence-electron chi connectivity index (χ2n) is 5.29. The molecule has 0 aliphatic heterocycles. The summed E-state index contributed by atoms with van der Waals surface area (Å²) in [6, 6.07) is 19.4. The first kappa shape index (κ1) is 16.2. The number of benzene rings is 2. The van der Waals surface area contributed by atoms with Crippen LogP contribution in [0.1, 0.15) is 25.9 Å². The molecule has 0 saturated carbocycles. The van der Waals surface area contributed by atoms with Gasteiger partial charge in [0.15, 0.2) is 0 Å². The van der Waals surface area contributed by atoms with Crippen molar-refractivity contribution in [3.63, 3.8) is 0 Å². The summed E-state index contributed by atoms with van der Waals surface area (Å²) in [6.45, 7) is 2.72. The molecule has 0 saturated heterocycles. The SMILES string of the molecule is Cc1nc(COc2ccccc2)sc1C(=O)NCc1ccccc1. The molecule has 0 atom stereocenters. The fourth-order valence-electron chi connectivity index (χ4n) is 2.24. The van der Waals surface area contributed by atoms with Crippen molar-refractivity contribution < 1.29 is 9.53 Å². The Hall–Kier alpha value is -2.66. The minimum atomic E-state index is -0.0974. The van der Waals surface area contributed by atoms with Gasteiger partial charge in [0.1, 0.15) is 22.2 Å². The average Bonchev–Trinajstić information content (AvgIpc) is 3.00. The molecule has 0 bridgehead atoms. The molecule has 3 aromatic rings. The van der Waals surface area contributed by atoms with E-state index >= 15 is 0 Å². The normalized spacial score (nSPS) is 10.4. The van der Waals surface area contributed by atoms with Gasteiger partial charge in [-0.15, -0.1) is 11.3 Å². The highest BCUT2D eigenvalue weighted by Crippen LogP contribution is 2.20. The maximum atomic E-state index is 12.3. The Morgan fingerprint density at radius 3 is 2.46 bits per heavy atom. The molecule has 24 heavy (non-hydrogen) atoms. The summed E-state index contributed by atoms with van der Waals surface area (Å²) in [6.07, 6.45) is 0. The zero-order valence-electron chi connectivity index (χ0n) is 13.4. The van der Waals surface area contributed by atoms with Crippen LogP contribution in [0.25, 0.3) is 0 Å². The lowest BCUT2D eigenvalue weighted by Gasteiger charge is -2.04. The summed E-state index contributed by atoms with van der Waals surface area (Å²) >= 11 is 1.37. The van der Waals surface area contributed by atoms with Gasteiger partial charge < -0.3 is 10.1 Å². The van der Waals surface area contributed by atoms with E-state index in [4.69, 9.17) is 4.74 Å². The van der Waals surface area contributed by atoms with Gasteiger partial charge in [-0.3, -0.25) is 4.79 Å². The Labute approximate surface area is 145 Å². The Bertz CT molecular complexity index is 801. The fourth-order valence-corrected chi connectivity index (χ4v) is 3.14. The Morgan fingerprint density at radius 2 is 1.75 bits per heavy atom. The molecule has 0 fully saturated rings. The van der Waals surface area contributed by atoms with Crippen LogP contribution < -0.4 is 10.1 Å². The zero-order chi connectivity index (χ0) is 16.8. The minimum absolute atomic E-state index is 0.0974. The summed E-state index contributed by atoms with van der Waals surface area (Å²) in [4.78, 5) is 17.4. The fraction of sp³-hybridized carbons (Fsp3) is 0.158. The van der Waals surface area contributed by atoms with Crippen LogP contribution in [0, 0.1) is 6.92 Å². The highest BCUT2D eigenvalue weighted by atomic mass is 32.1. The monoisotopic (exact) mass is 338 g/mol. The summed E-state index contributed by atoms with van der Waals surface area (Å²) in [7, 11) is 0. The van der Waals surface area contributed by atoms with E-state index in [0.29, 0.717) is 18.0 Å². The third-order valence-electron chi connectivity index (χ3n) is 3.45. The van der Waals surface area contributed by atoms with Crippen molar-refractivity contribution in [1.29, 1.82) is 0 Å². The van der Waals surface area contributed by atoms with Crippen molar-refractivity contribution >= 4 is 17.2 Å². The molecular weight excluding hydrogens is 320 g/mol. The van der Waals surface area contributed by atoms with Gasteiger partial charge in [0, 0.05) is 6.54 Å². The van der Waals surface area contributed by atoms with Crippen molar-refractivity contribution in [2.75, 3.05) is 0 Å². The Balaban J connectivity index is 1.59. The van der Waals surface area contributed by atoms with E-state index in [1.807, 2.05) is 67.6 Å². The van der Waals surface area contributed by atoms with Crippen LogP contribution in [0.4, 0.5) is 0 Å². The smallest absolute Gasteiger partial charge is 0.263 e. The molecule has 1 amide bonds. The number of nitrogens with one attached hydrogen (secondary N) is 1. The van der Waals surface area contributed by atoms with Crippen LogP contribution in [0.5, 0.6) is 5.75 Å². The number of carbonyl (C=O) groups is 1.